The lowest BCUT2D eigenvalue weighted by Crippen LogP contribution is -1.97. The number of anilines is 2. The molecule has 0 saturated carbocycles. The average molecular weight is 160 g/mol. The maximum absolute atomic E-state index is 5.28. The molecule has 0 aliphatic rings. The lowest BCUT2D eigenvalue weighted by molar-refractivity contribution is 0.824. The first-order valence-corrected chi connectivity index (χ1v) is 2.72. The Bertz CT molecular complexity index is 178. The molecule has 0 aromatic carbocycles. The maximum atomic E-state index is 5.28. The number of thiol groups is 1. The van der Waals surface area contributed by atoms with Crippen LogP contribution in [0.1, 0.15) is 0 Å². The average Bonchev–Trinajstić information content (AvgIpc) is 1.59. The van der Waals surface area contributed by atoms with Crippen molar-refractivity contribution in [3.63, 3.8) is 0 Å². The first-order chi connectivity index (χ1) is 4.18. The van der Waals surface area contributed by atoms with Gasteiger partial charge < -0.3 is 16.9 Å². The van der Waals surface area contributed by atoms with Crippen LogP contribution >= 0.6 is 12.6 Å². The van der Waals surface area contributed by atoms with E-state index in [9.17, 15) is 0 Å². The van der Waals surface area contributed by atoms with Gasteiger partial charge in [-0.25, -0.2) is 9.97 Å². The molecular weight excluding hydrogens is 152 g/mol. The molecule has 5 nitrogen and oxygen atoms in total. The van der Waals surface area contributed by atoms with Gasteiger partial charge in [0.25, 0.3) is 0 Å². The number of hydrogen-bond acceptors (Lipinski definition) is 5. The van der Waals surface area contributed by atoms with Gasteiger partial charge in [-0.15, -0.1) is 12.6 Å². The normalized spacial score (nSPS) is 8.50. The quantitative estimate of drug-likeness (QED) is 0.337. The van der Waals surface area contributed by atoms with Crippen LogP contribution in [0.15, 0.2) is 11.2 Å². The number of hydrogen-bond donors (Lipinski definition) is 3. The molecule has 0 spiro atoms. The lowest BCUT2D eigenvalue weighted by Gasteiger charge is -1.94. The Kier molecular flexibility index (Phi) is 2.91. The van der Waals surface area contributed by atoms with Gasteiger partial charge in [-0.3, -0.25) is 0 Å². The minimum Gasteiger partial charge on any atom is -0.412 e. The van der Waals surface area contributed by atoms with E-state index < -0.39 is 0 Å². The maximum Gasteiger partial charge on any atom is 0.188 e. The van der Waals surface area contributed by atoms with Crippen molar-refractivity contribution in [3.8, 4) is 0 Å². The fraction of sp³-hybridized carbons (Fsp3) is 0. The molecule has 0 bridgehead atoms. The minimum atomic E-state index is 0. The topological polar surface area (TPSA) is 109 Å². The van der Waals surface area contributed by atoms with Crippen molar-refractivity contribution in [1.29, 1.82) is 0 Å². The molecule has 10 heavy (non-hydrogen) atoms. The Balaban J connectivity index is 0.000000810. The van der Waals surface area contributed by atoms with E-state index in [2.05, 4.69) is 22.6 Å². The third-order valence-electron chi connectivity index (χ3n) is 0.754. The van der Waals surface area contributed by atoms with Crippen LogP contribution in [0.2, 0.25) is 0 Å². The standard InChI is InChI=1S/C4H6N4S.H2O/c5-2-1-3(6)8-4(9)7-2;/h1H,(H5,5,6,7,8,9);1H2. The number of aromatic nitrogens is 2. The monoisotopic (exact) mass is 160 g/mol. The molecule has 0 amide bonds. The van der Waals surface area contributed by atoms with Crippen molar-refractivity contribution in [2.45, 2.75) is 5.16 Å². The van der Waals surface area contributed by atoms with Crippen molar-refractivity contribution in [2.24, 2.45) is 0 Å². The summed E-state index contributed by atoms with van der Waals surface area (Å²) in [6.45, 7) is 0. The summed E-state index contributed by atoms with van der Waals surface area (Å²) in [7, 11) is 0. The summed E-state index contributed by atoms with van der Waals surface area (Å²) in [6.07, 6.45) is 0. The van der Waals surface area contributed by atoms with Crippen molar-refractivity contribution in [2.75, 3.05) is 11.5 Å². The van der Waals surface area contributed by atoms with Crippen molar-refractivity contribution >= 4 is 24.3 Å². The summed E-state index contributed by atoms with van der Waals surface area (Å²) in [4.78, 5) is 7.37. The van der Waals surface area contributed by atoms with Crippen molar-refractivity contribution in [1.82, 2.24) is 9.97 Å². The zero-order chi connectivity index (χ0) is 6.85. The Morgan fingerprint density at radius 3 is 1.90 bits per heavy atom. The van der Waals surface area contributed by atoms with Gasteiger partial charge in [-0.05, 0) is 0 Å². The molecule has 56 valence electrons. The third kappa shape index (κ3) is 2.08. The smallest absolute Gasteiger partial charge is 0.188 e. The van der Waals surface area contributed by atoms with Crippen molar-refractivity contribution in [3.05, 3.63) is 6.07 Å². The third-order valence-corrected chi connectivity index (χ3v) is 0.954. The van der Waals surface area contributed by atoms with Crippen LogP contribution in [-0.4, -0.2) is 15.4 Å². The molecule has 0 fully saturated rings. The predicted molar refractivity (Wildman–Crippen MR) is 41.7 cm³/mol. The zero-order valence-electron chi connectivity index (χ0n) is 5.07. The van der Waals surface area contributed by atoms with E-state index in [1.54, 1.807) is 0 Å². The van der Waals surface area contributed by atoms with Gasteiger partial charge in [0.05, 0.1) is 0 Å². The molecule has 1 heterocycles. The second kappa shape index (κ2) is 3.23. The molecule has 1 aromatic heterocycles. The van der Waals surface area contributed by atoms with Crippen LogP contribution < -0.4 is 11.5 Å². The minimum absolute atomic E-state index is 0. The van der Waals surface area contributed by atoms with Gasteiger partial charge in [0.15, 0.2) is 5.16 Å². The number of rotatable bonds is 0. The lowest BCUT2D eigenvalue weighted by atomic mass is 10.5. The Morgan fingerprint density at radius 1 is 1.20 bits per heavy atom. The number of nitrogen functional groups attached to an aromatic ring is 2. The van der Waals surface area contributed by atoms with Gasteiger partial charge in [0.2, 0.25) is 0 Å². The van der Waals surface area contributed by atoms with E-state index >= 15 is 0 Å². The Morgan fingerprint density at radius 2 is 1.60 bits per heavy atom. The summed E-state index contributed by atoms with van der Waals surface area (Å²) < 4.78 is 0. The van der Waals surface area contributed by atoms with E-state index in [0.717, 1.165) is 0 Å². The second-order valence-electron chi connectivity index (χ2n) is 1.52. The fourth-order valence-corrected chi connectivity index (χ4v) is 0.703. The molecule has 0 unspecified atom stereocenters. The van der Waals surface area contributed by atoms with Gasteiger partial charge >= 0.3 is 0 Å². The molecule has 0 aliphatic heterocycles. The highest BCUT2D eigenvalue weighted by Gasteiger charge is 1.92. The molecule has 1 rings (SSSR count). The molecule has 0 atom stereocenters. The van der Waals surface area contributed by atoms with E-state index in [1.165, 1.54) is 6.07 Å². The molecule has 0 radical (unpaired) electrons. The van der Waals surface area contributed by atoms with Gasteiger partial charge in [-0.2, -0.15) is 0 Å². The first-order valence-electron chi connectivity index (χ1n) is 2.27. The van der Waals surface area contributed by atoms with E-state index in [4.69, 9.17) is 11.5 Å². The summed E-state index contributed by atoms with van der Waals surface area (Å²) in [6, 6.07) is 1.47. The van der Waals surface area contributed by atoms with Crippen molar-refractivity contribution < 1.29 is 5.48 Å². The highest BCUT2D eigenvalue weighted by atomic mass is 32.1. The predicted octanol–water partition coefficient (Wildman–Crippen LogP) is -0.895. The zero-order valence-corrected chi connectivity index (χ0v) is 5.97. The summed E-state index contributed by atoms with van der Waals surface area (Å²) in [5.74, 6) is 0.681. The second-order valence-corrected chi connectivity index (χ2v) is 1.92. The highest BCUT2D eigenvalue weighted by Crippen LogP contribution is 2.05. The Hall–Kier alpha value is -1.01. The van der Waals surface area contributed by atoms with E-state index in [-0.39, 0.29) is 5.48 Å². The highest BCUT2D eigenvalue weighted by molar-refractivity contribution is 7.80. The van der Waals surface area contributed by atoms with E-state index in [0.29, 0.717) is 16.8 Å². The first kappa shape index (κ1) is 8.99. The largest absolute Gasteiger partial charge is 0.412 e. The number of nitrogens with zero attached hydrogens (tertiary/aromatic N) is 2. The van der Waals surface area contributed by atoms with Gasteiger partial charge in [-0.1, -0.05) is 0 Å². The van der Waals surface area contributed by atoms with Crippen LogP contribution in [0.5, 0.6) is 0 Å². The molecular formula is C4H8N4OS. The molecule has 6 heteroatoms. The van der Waals surface area contributed by atoms with Gasteiger partial charge in [0, 0.05) is 6.07 Å². The van der Waals surface area contributed by atoms with Gasteiger partial charge in [0.1, 0.15) is 11.6 Å². The summed E-state index contributed by atoms with van der Waals surface area (Å²) in [5, 5.41) is 0.299. The SMILES string of the molecule is Nc1cc(N)nc(S)n1.O. The van der Waals surface area contributed by atoms with Crippen LogP contribution in [-0.2, 0) is 0 Å². The summed E-state index contributed by atoms with van der Waals surface area (Å²) in [5.41, 5.74) is 10.6. The molecule has 6 N–H and O–H groups in total. The number of nitrogens with two attached hydrogens (primary N) is 2. The van der Waals surface area contributed by atoms with Crippen LogP contribution in [0.3, 0.4) is 0 Å². The van der Waals surface area contributed by atoms with Crippen LogP contribution in [0, 0.1) is 0 Å². The fourth-order valence-electron chi connectivity index (χ4n) is 0.472. The van der Waals surface area contributed by atoms with Crippen LogP contribution in [0.4, 0.5) is 11.6 Å². The van der Waals surface area contributed by atoms with E-state index in [1.807, 2.05) is 0 Å². The summed E-state index contributed by atoms with van der Waals surface area (Å²) >= 11 is 3.84. The molecule has 0 aliphatic carbocycles. The molecule has 0 saturated heterocycles. The molecule has 1 aromatic rings. The Labute approximate surface area is 63.2 Å². The van der Waals surface area contributed by atoms with Crippen LogP contribution in [0.25, 0.3) is 0 Å².